The summed E-state index contributed by atoms with van der Waals surface area (Å²) in [4.78, 5) is 34.5. The van der Waals surface area contributed by atoms with Crippen molar-refractivity contribution >= 4 is 23.2 Å². The van der Waals surface area contributed by atoms with Crippen molar-refractivity contribution in [2.75, 3.05) is 11.9 Å². The van der Waals surface area contributed by atoms with Crippen LogP contribution in [0.25, 0.3) is 0 Å². The van der Waals surface area contributed by atoms with E-state index in [9.17, 15) is 19.7 Å². The van der Waals surface area contributed by atoms with Crippen LogP contribution in [0.1, 0.15) is 22.5 Å². The third kappa shape index (κ3) is 4.24. The highest BCUT2D eigenvalue weighted by molar-refractivity contribution is 5.95. The zero-order valence-electron chi connectivity index (χ0n) is 15.1. The van der Waals surface area contributed by atoms with E-state index in [-0.39, 0.29) is 30.4 Å². The van der Waals surface area contributed by atoms with Gasteiger partial charge in [0.25, 0.3) is 0 Å². The summed E-state index contributed by atoms with van der Waals surface area (Å²) >= 11 is 0. The number of nitrogens with zero attached hydrogens (tertiary/aromatic N) is 3. The predicted octanol–water partition coefficient (Wildman–Crippen LogP) is 1.78. The molecule has 1 aromatic carbocycles. The standard InChI is InChI=1S/C17H21N5O4/c1-10-6-5-7-11(2)16(10)19-14(23)8-18-15(24)9-21-13(4)17(22(25)26)12(3)20-21/h5-7H,8-9H2,1-4H3,(H,18,24)(H,19,23). The first-order chi connectivity index (χ1) is 12.2. The van der Waals surface area contributed by atoms with Gasteiger partial charge >= 0.3 is 5.69 Å². The summed E-state index contributed by atoms with van der Waals surface area (Å²) in [7, 11) is 0. The lowest BCUT2D eigenvalue weighted by Gasteiger charge is -2.12. The Bertz CT molecular complexity index is 852. The van der Waals surface area contributed by atoms with E-state index in [0.29, 0.717) is 5.69 Å². The number of hydrogen-bond donors (Lipinski definition) is 2. The lowest BCUT2D eigenvalue weighted by Crippen LogP contribution is -2.35. The summed E-state index contributed by atoms with van der Waals surface area (Å²) in [6.07, 6.45) is 0. The number of carbonyl (C=O) groups excluding carboxylic acids is 2. The minimum Gasteiger partial charge on any atom is -0.345 e. The van der Waals surface area contributed by atoms with Crippen LogP contribution in [-0.2, 0) is 16.1 Å². The van der Waals surface area contributed by atoms with Crippen LogP contribution in [0.2, 0.25) is 0 Å². The summed E-state index contributed by atoms with van der Waals surface area (Å²) < 4.78 is 1.26. The first-order valence-electron chi connectivity index (χ1n) is 8.02. The maximum atomic E-state index is 12.1. The number of anilines is 1. The lowest BCUT2D eigenvalue weighted by atomic mass is 10.1. The molecule has 0 saturated heterocycles. The number of nitrogens with one attached hydrogen (secondary N) is 2. The van der Waals surface area contributed by atoms with Crippen molar-refractivity contribution < 1.29 is 14.5 Å². The number of aryl methyl sites for hydroxylation is 3. The quantitative estimate of drug-likeness (QED) is 0.602. The van der Waals surface area contributed by atoms with Crippen molar-refractivity contribution in [1.29, 1.82) is 0 Å². The Hall–Kier alpha value is -3.23. The number of hydrogen-bond acceptors (Lipinski definition) is 5. The Kier molecular flexibility index (Phi) is 5.71. The summed E-state index contributed by atoms with van der Waals surface area (Å²) in [6, 6.07) is 5.67. The zero-order valence-corrected chi connectivity index (χ0v) is 15.1. The number of para-hydroxylation sites is 1. The molecule has 2 rings (SSSR count). The van der Waals surface area contributed by atoms with Crippen LogP contribution in [0.15, 0.2) is 18.2 Å². The topological polar surface area (TPSA) is 119 Å². The van der Waals surface area contributed by atoms with Crippen LogP contribution in [0, 0.1) is 37.8 Å². The molecule has 1 aromatic heterocycles. The Morgan fingerprint density at radius 1 is 1.15 bits per heavy atom. The Morgan fingerprint density at radius 2 is 1.77 bits per heavy atom. The molecule has 0 aliphatic heterocycles. The van der Waals surface area contributed by atoms with Gasteiger partial charge in [-0.2, -0.15) is 5.10 Å². The number of benzene rings is 1. The van der Waals surface area contributed by atoms with E-state index in [4.69, 9.17) is 0 Å². The molecule has 0 saturated carbocycles. The second-order valence-corrected chi connectivity index (χ2v) is 6.03. The van der Waals surface area contributed by atoms with Crippen molar-refractivity contribution in [2.24, 2.45) is 0 Å². The molecular weight excluding hydrogens is 338 g/mol. The molecule has 9 heteroatoms. The van der Waals surface area contributed by atoms with E-state index in [2.05, 4.69) is 15.7 Å². The van der Waals surface area contributed by atoms with E-state index >= 15 is 0 Å². The SMILES string of the molecule is Cc1cccc(C)c1NC(=O)CNC(=O)Cn1nc(C)c([N+](=O)[O-])c1C. The Balaban J connectivity index is 1.94. The van der Waals surface area contributed by atoms with Crippen molar-refractivity contribution in [3.05, 3.63) is 50.8 Å². The monoisotopic (exact) mass is 359 g/mol. The molecule has 0 atom stereocenters. The molecule has 0 radical (unpaired) electrons. The van der Waals surface area contributed by atoms with Crippen LogP contribution < -0.4 is 10.6 Å². The summed E-state index contributed by atoms with van der Waals surface area (Å²) in [6.45, 7) is 6.41. The van der Waals surface area contributed by atoms with Gasteiger partial charge in [0.05, 0.1) is 11.5 Å². The third-order valence-electron chi connectivity index (χ3n) is 4.01. The molecule has 0 aliphatic carbocycles. The molecule has 138 valence electrons. The van der Waals surface area contributed by atoms with Gasteiger partial charge in [-0.3, -0.25) is 24.4 Å². The van der Waals surface area contributed by atoms with Crippen LogP contribution in [0.5, 0.6) is 0 Å². The fourth-order valence-corrected chi connectivity index (χ4v) is 2.67. The highest BCUT2D eigenvalue weighted by Crippen LogP contribution is 2.21. The number of aromatic nitrogens is 2. The van der Waals surface area contributed by atoms with Gasteiger partial charge in [0, 0.05) is 5.69 Å². The number of rotatable bonds is 6. The van der Waals surface area contributed by atoms with Crippen molar-refractivity contribution in [2.45, 2.75) is 34.2 Å². The molecule has 0 unspecified atom stereocenters. The van der Waals surface area contributed by atoms with Gasteiger partial charge in [0.15, 0.2) is 0 Å². The van der Waals surface area contributed by atoms with E-state index in [1.54, 1.807) is 0 Å². The van der Waals surface area contributed by atoms with Crippen LogP contribution in [0.3, 0.4) is 0 Å². The normalized spacial score (nSPS) is 10.5. The first kappa shape index (κ1) is 19.1. The van der Waals surface area contributed by atoms with Crippen molar-refractivity contribution in [1.82, 2.24) is 15.1 Å². The lowest BCUT2D eigenvalue weighted by molar-refractivity contribution is -0.386. The summed E-state index contributed by atoms with van der Waals surface area (Å²) in [5.74, 6) is -0.808. The van der Waals surface area contributed by atoms with Crippen LogP contribution in [-0.4, -0.2) is 33.1 Å². The largest absolute Gasteiger partial charge is 0.345 e. The highest BCUT2D eigenvalue weighted by Gasteiger charge is 2.22. The molecule has 9 nitrogen and oxygen atoms in total. The van der Waals surface area contributed by atoms with Gasteiger partial charge in [-0.1, -0.05) is 18.2 Å². The molecule has 0 fully saturated rings. The summed E-state index contributed by atoms with van der Waals surface area (Å²) in [5, 5.41) is 20.3. The molecule has 26 heavy (non-hydrogen) atoms. The highest BCUT2D eigenvalue weighted by atomic mass is 16.6. The molecular formula is C17H21N5O4. The number of nitro groups is 1. The number of carbonyl (C=O) groups is 2. The smallest absolute Gasteiger partial charge is 0.312 e. The molecule has 0 spiro atoms. The molecule has 0 aliphatic rings. The van der Waals surface area contributed by atoms with Crippen molar-refractivity contribution in [3.8, 4) is 0 Å². The minimum absolute atomic E-state index is 0.106. The average molecular weight is 359 g/mol. The second kappa shape index (κ2) is 7.77. The van der Waals surface area contributed by atoms with Crippen LogP contribution >= 0.6 is 0 Å². The maximum absolute atomic E-state index is 12.1. The van der Waals surface area contributed by atoms with Gasteiger partial charge in [-0.15, -0.1) is 0 Å². The van der Waals surface area contributed by atoms with Gasteiger partial charge in [-0.05, 0) is 38.8 Å². The van der Waals surface area contributed by atoms with E-state index in [0.717, 1.165) is 16.8 Å². The predicted molar refractivity (Wildman–Crippen MR) is 95.9 cm³/mol. The zero-order chi connectivity index (χ0) is 19.4. The van der Waals surface area contributed by atoms with Gasteiger partial charge < -0.3 is 10.6 Å². The molecule has 0 bridgehead atoms. The Morgan fingerprint density at radius 3 is 2.31 bits per heavy atom. The molecule has 1 heterocycles. The minimum atomic E-state index is -0.524. The fraction of sp³-hybridized carbons (Fsp3) is 0.353. The average Bonchev–Trinajstić information content (AvgIpc) is 2.83. The van der Waals surface area contributed by atoms with Gasteiger partial charge in [0.2, 0.25) is 11.8 Å². The maximum Gasteiger partial charge on any atom is 0.312 e. The Labute approximate surface area is 150 Å². The third-order valence-corrected chi connectivity index (χ3v) is 4.01. The molecule has 2 N–H and O–H groups in total. The van der Waals surface area contributed by atoms with Gasteiger partial charge in [0.1, 0.15) is 17.9 Å². The van der Waals surface area contributed by atoms with Crippen LogP contribution in [0.4, 0.5) is 11.4 Å². The second-order valence-electron chi connectivity index (χ2n) is 6.03. The molecule has 2 aromatic rings. The van der Waals surface area contributed by atoms with E-state index in [1.165, 1.54) is 18.5 Å². The molecule has 2 amide bonds. The van der Waals surface area contributed by atoms with E-state index < -0.39 is 10.8 Å². The fourth-order valence-electron chi connectivity index (χ4n) is 2.67. The first-order valence-corrected chi connectivity index (χ1v) is 8.02. The van der Waals surface area contributed by atoms with Crippen molar-refractivity contribution in [3.63, 3.8) is 0 Å². The number of amides is 2. The summed E-state index contributed by atoms with van der Waals surface area (Å²) in [5.41, 5.74) is 3.02. The van der Waals surface area contributed by atoms with E-state index in [1.807, 2.05) is 32.0 Å². The van der Waals surface area contributed by atoms with Gasteiger partial charge in [-0.25, -0.2) is 0 Å².